The van der Waals surface area contributed by atoms with Crippen molar-refractivity contribution in [3.8, 4) is 12.3 Å². The zero-order chi connectivity index (χ0) is 9.00. The monoisotopic (exact) mass is 174 g/mol. The Morgan fingerprint density at radius 3 is 2.46 bits per heavy atom. The maximum Gasteiger partial charge on any atom is 0.148 e. The first-order chi connectivity index (χ1) is 6.33. The first kappa shape index (κ1) is 7.62. The van der Waals surface area contributed by atoms with Crippen LogP contribution in [0.2, 0.25) is 0 Å². The van der Waals surface area contributed by atoms with Crippen molar-refractivity contribution in [3.63, 3.8) is 0 Å². The summed E-state index contributed by atoms with van der Waals surface area (Å²) in [5.41, 5.74) is 0. The molecule has 1 heteroatoms. The number of rotatable bonds is 2. The molecule has 13 heavy (non-hydrogen) atoms. The van der Waals surface area contributed by atoms with Crippen LogP contribution in [0.1, 0.15) is 25.7 Å². The van der Waals surface area contributed by atoms with E-state index in [4.69, 9.17) is 6.42 Å². The fourth-order valence-electron chi connectivity index (χ4n) is 3.97. The van der Waals surface area contributed by atoms with Crippen LogP contribution in [0.15, 0.2) is 0 Å². The number of hydrogen-bond donors (Lipinski definition) is 0. The van der Waals surface area contributed by atoms with E-state index in [0.717, 1.165) is 23.7 Å². The van der Waals surface area contributed by atoms with Gasteiger partial charge in [-0.05, 0) is 42.9 Å². The van der Waals surface area contributed by atoms with Gasteiger partial charge in [0.15, 0.2) is 0 Å². The van der Waals surface area contributed by atoms with E-state index >= 15 is 0 Å². The smallest absolute Gasteiger partial charge is 0.148 e. The predicted molar refractivity (Wildman–Crippen MR) is 49.8 cm³/mol. The molecule has 2 bridgehead atoms. The van der Waals surface area contributed by atoms with E-state index in [1.165, 1.54) is 19.3 Å². The zero-order valence-corrected chi connectivity index (χ0v) is 7.70. The van der Waals surface area contributed by atoms with E-state index in [1.54, 1.807) is 0 Å². The lowest BCUT2D eigenvalue weighted by atomic mass is 9.99. The van der Waals surface area contributed by atoms with Crippen LogP contribution in [0, 0.1) is 41.9 Å². The van der Waals surface area contributed by atoms with Gasteiger partial charge in [0.2, 0.25) is 0 Å². The fraction of sp³-hybridized carbons (Fsp3) is 0.750. The van der Waals surface area contributed by atoms with Crippen molar-refractivity contribution in [1.29, 1.82) is 0 Å². The molecule has 0 heterocycles. The van der Waals surface area contributed by atoms with Crippen molar-refractivity contribution in [3.05, 3.63) is 0 Å². The maximum atomic E-state index is 11.6. The summed E-state index contributed by atoms with van der Waals surface area (Å²) in [6.45, 7) is 0. The number of carbonyl (C=O) groups is 1. The van der Waals surface area contributed by atoms with Crippen LogP contribution in [-0.4, -0.2) is 5.78 Å². The highest BCUT2D eigenvalue weighted by Gasteiger charge is 2.66. The van der Waals surface area contributed by atoms with Crippen LogP contribution in [-0.2, 0) is 4.79 Å². The molecule has 0 amide bonds. The molecule has 3 fully saturated rings. The Kier molecular flexibility index (Phi) is 1.39. The maximum absolute atomic E-state index is 11.6. The van der Waals surface area contributed by atoms with E-state index in [9.17, 15) is 4.79 Å². The Labute approximate surface area is 78.9 Å². The van der Waals surface area contributed by atoms with Gasteiger partial charge in [0.05, 0.1) is 6.42 Å². The van der Waals surface area contributed by atoms with E-state index < -0.39 is 0 Å². The summed E-state index contributed by atoms with van der Waals surface area (Å²) in [5, 5.41) is 0. The SMILES string of the molecule is C#CCC(=O)C1C2C3CCC(C3)C12. The molecule has 0 aromatic heterocycles. The van der Waals surface area contributed by atoms with E-state index in [-0.39, 0.29) is 0 Å². The number of Topliss-reactive ketones (excluding diaryl/α,β-unsaturated/α-hetero) is 1. The van der Waals surface area contributed by atoms with Gasteiger partial charge in [0.25, 0.3) is 0 Å². The molecule has 0 N–H and O–H groups in total. The van der Waals surface area contributed by atoms with Gasteiger partial charge in [0.1, 0.15) is 5.78 Å². The molecular weight excluding hydrogens is 160 g/mol. The molecule has 4 unspecified atom stereocenters. The molecule has 3 saturated carbocycles. The lowest BCUT2D eigenvalue weighted by Gasteiger charge is -2.05. The van der Waals surface area contributed by atoms with Crippen molar-refractivity contribution >= 4 is 5.78 Å². The van der Waals surface area contributed by atoms with Gasteiger partial charge in [-0.1, -0.05) is 5.92 Å². The Morgan fingerprint density at radius 2 is 1.92 bits per heavy atom. The van der Waals surface area contributed by atoms with Crippen LogP contribution < -0.4 is 0 Å². The van der Waals surface area contributed by atoms with Crippen molar-refractivity contribution in [2.75, 3.05) is 0 Å². The molecule has 0 aromatic carbocycles. The Hall–Kier alpha value is -0.770. The second-order valence-electron chi connectivity index (χ2n) is 4.86. The highest BCUT2D eigenvalue weighted by Crippen LogP contribution is 2.69. The van der Waals surface area contributed by atoms with Crippen LogP contribution in [0.4, 0.5) is 0 Å². The molecule has 4 atom stereocenters. The fourth-order valence-corrected chi connectivity index (χ4v) is 3.97. The van der Waals surface area contributed by atoms with E-state index in [1.807, 2.05) is 0 Å². The average molecular weight is 174 g/mol. The number of hydrogen-bond acceptors (Lipinski definition) is 1. The van der Waals surface area contributed by atoms with Gasteiger partial charge in [-0.25, -0.2) is 0 Å². The highest BCUT2D eigenvalue weighted by atomic mass is 16.1. The third-order valence-corrected chi connectivity index (χ3v) is 4.38. The summed E-state index contributed by atoms with van der Waals surface area (Å²) in [6.07, 6.45) is 9.70. The molecule has 1 nitrogen and oxygen atoms in total. The number of fused-ring (bicyclic) bond motifs is 5. The Bertz CT molecular complexity index is 283. The first-order valence-electron chi connectivity index (χ1n) is 5.29. The van der Waals surface area contributed by atoms with Crippen molar-refractivity contribution in [2.24, 2.45) is 29.6 Å². The summed E-state index contributed by atoms with van der Waals surface area (Å²) >= 11 is 0. The average Bonchev–Trinajstić information content (AvgIpc) is 2.57. The predicted octanol–water partition coefficient (Wildman–Crippen LogP) is 1.87. The minimum Gasteiger partial charge on any atom is -0.298 e. The second-order valence-corrected chi connectivity index (χ2v) is 4.86. The molecule has 0 aromatic rings. The van der Waals surface area contributed by atoms with Gasteiger partial charge in [-0.3, -0.25) is 4.79 Å². The molecule has 0 radical (unpaired) electrons. The van der Waals surface area contributed by atoms with Crippen molar-refractivity contribution in [1.82, 2.24) is 0 Å². The van der Waals surface area contributed by atoms with Gasteiger partial charge in [-0.2, -0.15) is 0 Å². The molecule has 68 valence electrons. The Balaban J connectivity index is 1.73. The third-order valence-electron chi connectivity index (χ3n) is 4.38. The summed E-state index contributed by atoms with van der Waals surface area (Å²) in [6, 6.07) is 0. The van der Waals surface area contributed by atoms with Gasteiger partial charge < -0.3 is 0 Å². The quantitative estimate of drug-likeness (QED) is 0.584. The first-order valence-corrected chi connectivity index (χ1v) is 5.29. The lowest BCUT2D eigenvalue weighted by Crippen LogP contribution is -2.08. The summed E-state index contributed by atoms with van der Waals surface area (Å²) < 4.78 is 0. The van der Waals surface area contributed by atoms with Crippen LogP contribution >= 0.6 is 0 Å². The minimum absolute atomic E-state index is 0.356. The van der Waals surface area contributed by atoms with Crippen molar-refractivity contribution < 1.29 is 4.79 Å². The number of carbonyl (C=O) groups excluding carboxylic acids is 1. The molecule has 3 rings (SSSR count). The number of ketones is 1. The van der Waals surface area contributed by atoms with Crippen LogP contribution in [0.3, 0.4) is 0 Å². The topological polar surface area (TPSA) is 17.1 Å². The largest absolute Gasteiger partial charge is 0.298 e. The summed E-state index contributed by atoms with van der Waals surface area (Å²) in [5.74, 6) is 6.53. The second kappa shape index (κ2) is 2.38. The van der Waals surface area contributed by atoms with E-state index in [0.29, 0.717) is 18.1 Å². The van der Waals surface area contributed by atoms with Gasteiger partial charge in [0, 0.05) is 5.92 Å². The van der Waals surface area contributed by atoms with E-state index in [2.05, 4.69) is 5.92 Å². The minimum atomic E-state index is 0.356. The van der Waals surface area contributed by atoms with Gasteiger partial charge >= 0.3 is 0 Å². The normalized spacial score (nSPS) is 49.9. The number of terminal acetylenes is 1. The third kappa shape index (κ3) is 0.866. The molecular formula is C12H14O. The molecule has 3 aliphatic carbocycles. The summed E-state index contributed by atoms with van der Waals surface area (Å²) in [7, 11) is 0. The van der Waals surface area contributed by atoms with Crippen molar-refractivity contribution in [2.45, 2.75) is 25.7 Å². The molecule has 0 spiro atoms. The molecule has 3 aliphatic rings. The van der Waals surface area contributed by atoms with Crippen LogP contribution in [0.25, 0.3) is 0 Å². The lowest BCUT2D eigenvalue weighted by molar-refractivity contribution is -0.120. The van der Waals surface area contributed by atoms with Gasteiger partial charge in [-0.15, -0.1) is 6.42 Å². The van der Waals surface area contributed by atoms with Crippen LogP contribution in [0.5, 0.6) is 0 Å². The summed E-state index contributed by atoms with van der Waals surface area (Å²) in [4.78, 5) is 11.6. The molecule has 0 aliphatic heterocycles. The molecule has 0 saturated heterocycles. The zero-order valence-electron chi connectivity index (χ0n) is 7.70. The standard InChI is InChI=1S/C12H14O/c1-2-3-9(13)12-10-7-4-5-8(6-7)11(10)12/h1,7-8,10-12H,3-6H2. The highest BCUT2D eigenvalue weighted by molar-refractivity contribution is 5.86. The Morgan fingerprint density at radius 1 is 1.31 bits per heavy atom.